The maximum absolute atomic E-state index is 12.3. The summed E-state index contributed by atoms with van der Waals surface area (Å²) < 4.78 is -0.413. The highest BCUT2D eigenvalue weighted by Gasteiger charge is 2.53. The Balaban J connectivity index is 2.15. The quantitative estimate of drug-likeness (QED) is 0.448. The maximum atomic E-state index is 12.3. The monoisotopic (exact) mass is 274 g/mol. The first-order valence-corrected chi connectivity index (χ1v) is 7.37. The van der Waals surface area contributed by atoms with Crippen molar-refractivity contribution in [1.82, 2.24) is 5.06 Å². The fourth-order valence-corrected chi connectivity index (χ4v) is 5.43. The highest BCUT2D eigenvalue weighted by Crippen LogP contribution is 2.51. The fraction of sp³-hybridized carbons (Fsp3) is 0.889. The van der Waals surface area contributed by atoms with Gasteiger partial charge in [-0.05, 0) is 23.5 Å². The van der Waals surface area contributed by atoms with Gasteiger partial charge in [0.25, 0.3) is 5.91 Å². The number of thioether (sulfide) groups is 2. The molecule has 1 atom stereocenters. The Morgan fingerprint density at radius 1 is 1.65 bits per heavy atom. The topological polar surface area (TPSA) is 78.3 Å². The SMILES string of the molecule is CON1C(=O)C2(CC1CN=[N+]=[N-])SCCCS2. The van der Waals surface area contributed by atoms with Crippen molar-refractivity contribution < 1.29 is 9.63 Å². The Kier molecular flexibility index (Phi) is 4.09. The number of azide groups is 1. The first kappa shape index (κ1) is 12.9. The minimum Gasteiger partial charge on any atom is -0.274 e. The molecule has 2 aliphatic heterocycles. The lowest BCUT2D eigenvalue weighted by molar-refractivity contribution is -0.176. The van der Waals surface area contributed by atoms with E-state index in [0.29, 0.717) is 6.42 Å². The number of carbonyl (C=O) groups excluding carboxylic acids is 1. The number of carbonyl (C=O) groups is 1. The molecule has 1 unspecified atom stereocenters. The predicted molar refractivity (Wildman–Crippen MR) is 68.5 cm³/mol. The molecule has 0 radical (unpaired) electrons. The number of amides is 1. The maximum Gasteiger partial charge on any atom is 0.272 e. The van der Waals surface area contributed by atoms with Gasteiger partial charge in [0.05, 0.1) is 13.2 Å². The summed E-state index contributed by atoms with van der Waals surface area (Å²) >= 11 is 3.39. The molecule has 2 fully saturated rings. The van der Waals surface area contributed by atoms with Crippen LogP contribution in [0.3, 0.4) is 0 Å². The molecule has 8 heteroatoms. The van der Waals surface area contributed by atoms with Gasteiger partial charge in [0.15, 0.2) is 0 Å². The number of rotatable bonds is 3. The molecular weight excluding hydrogens is 260 g/mol. The van der Waals surface area contributed by atoms with E-state index >= 15 is 0 Å². The van der Waals surface area contributed by atoms with Crippen molar-refractivity contribution in [2.45, 2.75) is 23.0 Å². The summed E-state index contributed by atoms with van der Waals surface area (Å²) in [5.41, 5.74) is 8.36. The Morgan fingerprint density at radius 2 is 2.35 bits per heavy atom. The van der Waals surface area contributed by atoms with Gasteiger partial charge >= 0.3 is 0 Å². The molecule has 0 aromatic carbocycles. The first-order valence-electron chi connectivity index (χ1n) is 5.40. The van der Waals surface area contributed by atoms with Crippen LogP contribution in [0.5, 0.6) is 0 Å². The van der Waals surface area contributed by atoms with E-state index in [9.17, 15) is 4.79 Å². The summed E-state index contributed by atoms with van der Waals surface area (Å²) in [5.74, 6) is 2.02. The molecule has 17 heavy (non-hydrogen) atoms. The van der Waals surface area contributed by atoms with Gasteiger partial charge in [-0.3, -0.25) is 9.63 Å². The van der Waals surface area contributed by atoms with Gasteiger partial charge in [-0.1, -0.05) is 5.11 Å². The van der Waals surface area contributed by atoms with E-state index in [-0.39, 0.29) is 18.5 Å². The summed E-state index contributed by atoms with van der Waals surface area (Å²) in [6.07, 6.45) is 1.83. The van der Waals surface area contributed by atoms with Crippen molar-refractivity contribution >= 4 is 29.4 Å². The Labute approximate surface area is 108 Å². The summed E-state index contributed by atoms with van der Waals surface area (Å²) in [6.45, 7) is 0.277. The van der Waals surface area contributed by atoms with Crippen molar-refractivity contribution in [2.24, 2.45) is 5.11 Å². The lowest BCUT2D eigenvalue weighted by Gasteiger charge is -2.29. The molecule has 2 heterocycles. The number of nitrogens with zero attached hydrogens (tertiary/aromatic N) is 4. The van der Waals surface area contributed by atoms with Crippen molar-refractivity contribution in [2.75, 3.05) is 25.2 Å². The Bertz CT molecular complexity index is 353. The van der Waals surface area contributed by atoms with Gasteiger partial charge in [-0.25, -0.2) is 5.06 Å². The smallest absolute Gasteiger partial charge is 0.272 e. The van der Waals surface area contributed by atoms with Gasteiger partial charge in [-0.15, -0.1) is 23.5 Å². The molecule has 0 bridgehead atoms. The van der Waals surface area contributed by atoms with Crippen LogP contribution in [0.2, 0.25) is 0 Å². The third-order valence-corrected chi connectivity index (χ3v) is 6.18. The molecule has 0 aromatic heterocycles. The van der Waals surface area contributed by atoms with Crippen LogP contribution in [0.15, 0.2) is 5.11 Å². The van der Waals surface area contributed by atoms with Crippen LogP contribution in [0.1, 0.15) is 12.8 Å². The Hall–Kier alpha value is -0.560. The van der Waals surface area contributed by atoms with Crippen molar-refractivity contribution in [1.29, 1.82) is 0 Å². The number of hydrogen-bond acceptors (Lipinski definition) is 5. The predicted octanol–water partition coefficient (Wildman–Crippen LogP) is 2.03. The molecule has 2 aliphatic rings. The van der Waals surface area contributed by atoms with E-state index in [1.807, 2.05) is 0 Å². The summed E-state index contributed by atoms with van der Waals surface area (Å²) in [5, 5.41) is 4.93. The summed E-state index contributed by atoms with van der Waals surface area (Å²) in [4.78, 5) is 20.2. The van der Waals surface area contributed by atoms with Crippen molar-refractivity contribution in [3.63, 3.8) is 0 Å². The second-order valence-electron chi connectivity index (χ2n) is 3.89. The van der Waals surface area contributed by atoms with E-state index in [2.05, 4.69) is 10.0 Å². The standard InChI is InChI=1S/C9H14N4O2S2/c1-15-13-7(6-11-12-10)5-9(8(13)14)16-3-2-4-17-9/h7H,2-6H2,1H3. The van der Waals surface area contributed by atoms with Gasteiger partial charge in [0.1, 0.15) is 4.08 Å². The van der Waals surface area contributed by atoms with Crippen molar-refractivity contribution in [3.05, 3.63) is 10.4 Å². The minimum atomic E-state index is -0.413. The van der Waals surface area contributed by atoms with Crippen LogP contribution in [0, 0.1) is 0 Å². The molecule has 0 saturated carbocycles. The van der Waals surface area contributed by atoms with Crippen LogP contribution in [-0.2, 0) is 9.63 Å². The van der Waals surface area contributed by atoms with Gasteiger partial charge < -0.3 is 0 Å². The van der Waals surface area contributed by atoms with Gasteiger partial charge in [-0.2, -0.15) is 0 Å². The zero-order chi connectivity index (χ0) is 12.3. The highest BCUT2D eigenvalue weighted by molar-refractivity contribution is 8.19. The molecule has 0 N–H and O–H groups in total. The average molecular weight is 274 g/mol. The molecule has 2 saturated heterocycles. The second-order valence-corrected chi connectivity index (χ2v) is 6.93. The Morgan fingerprint density at radius 3 is 2.94 bits per heavy atom. The van der Waals surface area contributed by atoms with E-state index < -0.39 is 4.08 Å². The number of hydroxylamine groups is 2. The van der Waals surface area contributed by atoms with Crippen LogP contribution < -0.4 is 0 Å². The molecule has 94 valence electrons. The normalized spacial score (nSPS) is 27.2. The lowest BCUT2D eigenvalue weighted by Crippen LogP contribution is -2.38. The largest absolute Gasteiger partial charge is 0.274 e. The lowest BCUT2D eigenvalue weighted by atomic mass is 10.2. The molecule has 6 nitrogen and oxygen atoms in total. The van der Waals surface area contributed by atoms with E-state index in [1.54, 1.807) is 23.5 Å². The molecular formula is C9H14N4O2S2. The highest BCUT2D eigenvalue weighted by atomic mass is 32.2. The fourth-order valence-electron chi connectivity index (χ4n) is 2.13. The van der Waals surface area contributed by atoms with E-state index in [1.165, 1.54) is 12.2 Å². The zero-order valence-electron chi connectivity index (χ0n) is 9.53. The molecule has 1 amide bonds. The average Bonchev–Trinajstić information content (AvgIpc) is 2.61. The third-order valence-electron chi connectivity index (χ3n) is 2.87. The van der Waals surface area contributed by atoms with E-state index in [0.717, 1.165) is 17.9 Å². The van der Waals surface area contributed by atoms with Crippen LogP contribution >= 0.6 is 23.5 Å². The van der Waals surface area contributed by atoms with Gasteiger partial charge in [0, 0.05) is 17.9 Å². The molecule has 2 rings (SSSR count). The van der Waals surface area contributed by atoms with Crippen LogP contribution in [0.25, 0.3) is 10.4 Å². The summed E-state index contributed by atoms with van der Waals surface area (Å²) in [7, 11) is 1.48. The van der Waals surface area contributed by atoms with E-state index in [4.69, 9.17) is 10.4 Å². The molecule has 1 spiro atoms. The van der Waals surface area contributed by atoms with Crippen molar-refractivity contribution in [3.8, 4) is 0 Å². The minimum absolute atomic E-state index is 0.00726. The molecule has 0 aliphatic carbocycles. The zero-order valence-corrected chi connectivity index (χ0v) is 11.2. The third kappa shape index (κ3) is 2.35. The second kappa shape index (κ2) is 5.39. The van der Waals surface area contributed by atoms with Gasteiger partial charge in [0.2, 0.25) is 0 Å². The molecule has 0 aromatic rings. The van der Waals surface area contributed by atoms with Crippen LogP contribution in [-0.4, -0.2) is 46.3 Å². The summed E-state index contributed by atoms with van der Waals surface area (Å²) in [6, 6.07) is -0.138. The number of hydrogen-bond donors (Lipinski definition) is 0. The van der Waals surface area contributed by atoms with Crippen LogP contribution in [0.4, 0.5) is 0 Å². The first-order chi connectivity index (χ1) is 8.23.